The maximum Gasteiger partial charge on any atom is 0.338 e. The molecule has 0 fully saturated rings. The highest BCUT2D eigenvalue weighted by Gasteiger charge is 2.30. The van der Waals surface area contributed by atoms with Crippen LogP contribution < -0.4 is 10.6 Å². The fourth-order valence-electron chi connectivity index (χ4n) is 1.86. The van der Waals surface area contributed by atoms with Gasteiger partial charge < -0.3 is 15.4 Å². The van der Waals surface area contributed by atoms with Gasteiger partial charge in [0.1, 0.15) is 0 Å². The molecule has 6 heteroatoms. The molecule has 0 saturated carbocycles. The first kappa shape index (κ1) is 13.0. The van der Waals surface area contributed by atoms with Crippen molar-refractivity contribution in [3.63, 3.8) is 0 Å². The van der Waals surface area contributed by atoms with Crippen LogP contribution in [0.5, 0.6) is 0 Å². The van der Waals surface area contributed by atoms with Gasteiger partial charge in [-0.1, -0.05) is 0 Å². The number of hydrogen-bond donors (Lipinski definition) is 2. The molecule has 0 unspecified atom stereocenters. The highest BCUT2D eigenvalue weighted by atomic mass is 32.1. The summed E-state index contributed by atoms with van der Waals surface area (Å²) in [6, 6.07) is 1.74. The third-order valence-corrected chi connectivity index (χ3v) is 3.56. The number of hydrogen-bond acceptors (Lipinski definition) is 4. The molecule has 2 heterocycles. The predicted octanol–water partition coefficient (Wildman–Crippen LogP) is 2.10. The molecule has 0 aromatic carbocycles. The van der Waals surface area contributed by atoms with Gasteiger partial charge in [-0.25, -0.2) is 4.79 Å². The van der Waals surface area contributed by atoms with Crippen LogP contribution in [0.2, 0.25) is 0 Å². The number of carbonyl (C=O) groups is 1. The van der Waals surface area contributed by atoms with Crippen molar-refractivity contribution in [2.24, 2.45) is 0 Å². The first-order valence-electron chi connectivity index (χ1n) is 5.61. The van der Waals surface area contributed by atoms with E-state index in [9.17, 15) is 4.79 Å². The summed E-state index contributed by atoms with van der Waals surface area (Å²) >= 11 is 6.72. The SMILES string of the molecule is CCOC(=O)C1=C(C)NC(=S)N[C@@H]1c1ccsc1. The minimum atomic E-state index is -0.311. The third kappa shape index (κ3) is 2.54. The maximum absolute atomic E-state index is 12.0. The highest BCUT2D eigenvalue weighted by molar-refractivity contribution is 7.80. The Morgan fingerprint density at radius 3 is 3.00 bits per heavy atom. The number of nitrogens with one attached hydrogen (secondary N) is 2. The molecule has 1 aromatic rings. The summed E-state index contributed by atoms with van der Waals surface area (Å²) in [6.45, 7) is 3.98. The van der Waals surface area contributed by atoms with E-state index in [4.69, 9.17) is 17.0 Å². The van der Waals surface area contributed by atoms with Crippen LogP contribution in [-0.4, -0.2) is 17.7 Å². The number of thiocarbonyl (C=S) groups is 1. The van der Waals surface area contributed by atoms with Gasteiger partial charge in [-0.2, -0.15) is 11.3 Å². The molecule has 0 radical (unpaired) electrons. The Labute approximate surface area is 115 Å². The molecule has 0 bridgehead atoms. The van der Waals surface area contributed by atoms with Crippen molar-refractivity contribution in [1.82, 2.24) is 10.6 Å². The molecule has 1 aliphatic heterocycles. The van der Waals surface area contributed by atoms with Crippen LogP contribution in [0.3, 0.4) is 0 Å². The fourth-order valence-corrected chi connectivity index (χ4v) is 2.82. The molecule has 0 aliphatic carbocycles. The molecule has 18 heavy (non-hydrogen) atoms. The molecule has 0 amide bonds. The summed E-state index contributed by atoms with van der Waals surface area (Å²) in [5.41, 5.74) is 2.35. The monoisotopic (exact) mass is 282 g/mol. The first-order valence-corrected chi connectivity index (χ1v) is 6.96. The lowest BCUT2D eigenvalue weighted by atomic mass is 9.98. The first-order chi connectivity index (χ1) is 8.63. The molecule has 1 aliphatic rings. The molecule has 1 atom stereocenters. The Morgan fingerprint density at radius 2 is 2.39 bits per heavy atom. The van der Waals surface area contributed by atoms with E-state index in [0.717, 1.165) is 11.3 Å². The van der Waals surface area contributed by atoms with Gasteiger partial charge in [0.05, 0.1) is 18.2 Å². The van der Waals surface area contributed by atoms with Crippen molar-refractivity contribution in [2.45, 2.75) is 19.9 Å². The molecule has 96 valence electrons. The fraction of sp³-hybridized carbons (Fsp3) is 0.333. The van der Waals surface area contributed by atoms with Crippen LogP contribution in [0, 0.1) is 0 Å². The highest BCUT2D eigenvalue weighted by Crippen LogP contribution is 2.28. The lowest BCUT2D eigenvalue weighted by Gasteiger charge is -2.29. The predicted molar refractivity (Wildman–Crippen MR) is 75.3 cm³/mol. The van der Waals surface area contributed by atoms with E-state index in [1.165, 1.54) is 0 Å². The minimum Gasteiger partial charge on any atom is -0.463 e. The van der Waals surface area contributed by atoms with Gasteiger partial charge in [0, 0.05) is 5.70 Å². The van der Waals surface area contributed by atoms with E-state index >= 15 is 0 Å². The quantitative estimate of drug-likeness (QED) is 0.657. The molecule has 1 aromatic heterocycles. The molecule has 0 spiro atoms. The summed E-state index contributed by atoms with van der Waals surface area (Å²) in [7, 11) is 0. The van der Waals surface area contributed by atoms with Gasteiger partial charge in [-0.05, 0) is 48.5 Å². The van der Waals surface area contributed by atoms with Crippen molar-refractivity contribution in [2.75, 3.05) is 6.61 Å². The summed E-state index contributed by atoms with van der Waals surface area (Å²) in [5.74, 6) is -0.311. The zero-order valence-electron chi connectivity index (χ0n) is 10.1. The van der Waals surface area contributed by atoms with Gasteiger partial charge in [0.25, 0.3) is 0 Å². The lowest BCUT2D eigenvalue weighted by Crippen LogP contribution is -2.45. The van der Waals surface area contributed by atoms with E-state index in [1.54, 1.807) is 18.3 Å². The molecule has 4 nitrogen and oxygen atoms in total. The summed E-state index contributed by atoms with van der Waals surface area (Å²) in [6.07, 6.45) is 0. The third-order valence-electron chi connectivity index (χ3n) is 2.64. The van der Waals surface area contributed by atoms with Gasteiger partial charge in [0.2, 0.25) is 0 Å². The van der Waals surface area contributed by atoms with Crippen molar-refractivity contribution in [3.8, 4) is 0 Å². The van der Waals surface area contributed by atoms with Crippen LogP contribution in [-0.2, 0) is 9.53 Å². The van der Waals surface area contributed by atoms with E-state index in [0.29, 0.717) is 17.3 Å². The number of rotatable bonds is 3. The second-order valence-electron chi connectivity index (χ2n) is 3.85. The van der Waals surface area contributed by atoms with Crippen molar-refractivity contribution in [1.29, 1.82) is 0 Å². The second-order valence-corrected chi connectivity index (χ2v) is 5.04. The second kappa shape index (κ2) is 5.49. The lowest BCUT2D eigenvalue weighted by molar-refractivity contribution is -0.139. The average Bonchev–Trinajstić information content (AvgIpc) is 2.81. The van der Waals surface area contributed by atoms with Crippen molar-refractivity contribution < 1.29 is 9.53 Å². The van der Waals surface area contributed by atoms with Gasteiger partial charge >= 0.3 is 5.97 Å². The summed E-state index contributed by atoms with van der Waals surface area (Å²) in [5, 5.41) is 10.6. The molecular weight excluding hydrogens is 268 g/mol. The zero-order valence-corrected chi connectivity index (χ0v) is 11.8. The zero-order chi connectivity index (χ0) is 13.1. The van der Waals surface area contributed by atoms with Crippen LogP contribution >= 0.6 is 23.6 Å². The van der Waals surface area contributed by atoms with Gasteiger partial charge in [-0.3, -0.25) is 0 Å². The maximum atomic E-state index is 12.0. The van der Waals surface area contributed by atoms with Crippen LogP contribution in [0.25, 0.3) is 0 Å². The molecule has 2 N–H and O–H groups in total. The van der Waals surface area contributed by atoms with E-state index in [1.807, 2.05) is 23.8 Å². The Morgan fingerprint density at radius 1 is 1.61 bits per heavy atom. The van der Waals surface area contributed by atoms with E-state index < -0.39 is 0 Å². The van der Waals surface area contributed by atoms with E-state index in [-0.39, 0.29) is 12.0 Å². The van der Waals surface area contributed by atoms with E-state index in [2.05, 4.69) is 10.6 Å². The molecular formula is C12H14N2O2S2. The van der Waals surface area contributed by atoms with Crippen LogP contribution in [0.15, 0.2) is 28.1 Å². The smallest absolute Gasteiger partial charge is 0.338 e. The number of ether oxygens (including phenoxy) is 1. The number of thiophene rings is 1. The largest absolute Gasteiger partial charge is 0.463 e. The van der Waals surface area contributed by atoms with Crippen molar-refractivity contribution in [3.05, 3.63) is 33.7 Å². The topological polar surface area (TPSA) is 50.4 Å². The van der Waals surface area contributed by atoms with Crippen molar-refractivity contribution >= 4 is 34.6 Å². The average molecular weight is 282 g/mol. The minimum absolute atomic E-state index is 0.232. The van der Waals surface area contributed by atoms with Gasteiger partial charge in [0.15, 0.2) is 5.11 Å². The van der Waals surface area contributed by atoms with Gasteiger partial charge in [-0.15, -0.1) is 0 Å². The molecule has 0 saturated heterocycles. The standard InChI is InChI=1S/C12H14N2O2S2/c1-3-16-11(15)9-7(2)13-12(17)14-10(9)8-4-5-18-6-8/h4-6,10H,3H2,1-2H3,(H2,13,14,17)/t10-/m1/s1. The number of carbonyl (C=O) groups excluding carboxylic acids is 1. The summed E-state index contributed by atoms with van der Waals surface area (Å²) < 4.78 is 5.10. The van der Waals surface area contributed by atoms with Crippen LogP contribution in [0.1, 0.15) is 25.5 Å². The van der Waals surface area contributed by atoms with Crippen LogP contribution in [0.4, 0.5) is 0 Å². The Bertz CT molecular complexity index is 494. The Kier molecular flexibility index (Phi) is 3.98. The number of esters is 1. The Balaban J connectivity index is 2.38. The molecule has 2 rings (SSSR count). The number of allylic oxidation sites excluding steroid dienone is 1. The normalized spacial score (nSPS) is 19.2. The Hall–Kier alpha value is -1.40. The summed E-state index contributed by atoms with van der Waals surface area (Å²) in [4.78, 5) is 12.0.